The second-order valence-corrected chi connectivity index (χ2v) is 9.36. The van der Waals surface area contributed by atoms with E-state index >= 15 is 0 Å². The summed E-state index contributed by atoms with van der Waals surface area (Å²) in [6.45, 7) is 4.08. The minimum atomic E-state index is 0.159. The van der Waals surface area contributed by atoms with Gasteiger partial charge in [-0.2, -0.15) is 0 Å². The van der Waals surface area contributed by atoms with Gasteiger partial charge in [-0.25, -0.2) is 15.0 Å². The molecule has 5 rings (SSSR count). The number of ether oxygens (including phenoxy) is 2. The standard InChI is InChI=1S/C25H33N7O2/c1-31(2)17-18-15-28-25(29-16-18)30-19-3-5-21(6-4-19)34-23-14-20(32-9-11-33-12-10-32)13-22-24(23)27-8-7-26-22/h7-8,13-16,19,21H,3-6,9-12,17H2,1-2H3,(H,28,29,30). The molecule has 0 unspecified atom stereocenters. The quantitative estimate of drug-likeness (QED) is 0.568. The van der Waals surface area contributed by atoms with Gasteiger partial charge in [0.1, 0.15) is 11.3 Å². The molecule has 2 aliphatic rings. The summed E-state index contributed by atoms with van der Waals surface area (Å²) in [6.07, 6.45) is 11.4. The molecule has 2 aromatic heterocycles. The Morgan fingerprint density at radius 2 is 1.74 bits per heavy atom. The minimum Gasteiger partial charge on any atom is -0.488 e. The number of hydrogen-bond donors (Lipinski definition) is 1. The van der Waals surface area contributed by atoms with Crippen molar-refractivity contribution in [1.82, 2.24) is 24.8 Å². The zero-order valence-corrected chi connectivity index (χ0v) is 20.0. The van der Waals surface area contributed by atoms with Crippen LogP contribution in [0.5, 0.6) is 5.75 Å². The van der Waals surface area contributed by atoms with Crippen molar-refractivity contribution in [1.29, 1.82) is 0 Å². The maximum Gasteiger partial charge on any atom is 0.222 e. The predicted octanol–water partition coefficient (Wildman–Crippen LogP) is 3.12. The fraction of sp³-hybridized carbons (Fsp3) is 0.520. The van der Waals surface area contributed by atoms with Gasteiger partial charge in [0, 0.05) is 67.8 Å². The second kappa shape index (κ2) is 10.5. The van der Waals surface area contributed by atoms with Crippen molar-refractivity contribution in [2.75, 3.05) is 50.6 Å². The summed E-state index contributed by atoms with van der Waals surface area (Å²) in [6, 6.07) is 4.58. The van der Waals surface area contributed by atoms with Crippen molar-refractivity contribution in [3.8, 4) is 5.75 Å². The number of nitrogens with one attached hydrogen (secondary N) is 1. The average molecular weight is 464 g/mol. The van der Waals surface area contributed by atoms with Gasteiger partial charge in [0.05, 0.1) is 24.8 Å². The van der Waals surface area contributed by atoms with Crippen molar-refractivity contribution < 1.29 is 9.47 Å². The number of fused-ring (bicyclic) bond motifs is 1. The van der Waals surface area contributed by atoms with Gasteiger partial charge in [-0.3, -0.25) is 4.98 Å². The summed E-state index contributed by atoms with van der Waals surface area (Å²) in [7, 11) is 4.09. The van der Waals surface area contributed by atoms with Gasteiger partial charge in [0.15, 0.2) is 0 Å². The summed E-state index contributed by atoms with van der Waals surface area (Å²) >= 11 is 0. The summed E-state index contributed by atoms with van der Waals surface area (Å²) in [5, 5.41) is 3.50. The first-order valence-electron chi connectivity index (χ1n) is 12.1. The molecule has 3 aromatic rings. The molecule has 2 fully saturated rings. The van der Waals surface area contributed by atoms with E-state index in [-0.39, 0.29) is 6.10 Å². The maximum atomic E-state index is 6.53. The lowest BCUT2D eigenvalue weighted by Crippen LogP contribution is -2.36. The molecule has 1 saturated heterocycles. The molecule has 1 N–H and O–H groups in total. The van der Waals surface area contributed by atoms with Gasteiger partial charge >= 0.3 is 0 Å². The minimum absolute atomic E-state index is 0.159. The molecule has 9 nitrogen and oxygen atoms in total. The normalized spacial score (nSPS) is 21.1. The van der Waals surface area contributed by atoms with E-state index in [1.807, 2.05) is 26.5 Å². The number of morpholine rings is 1. The van der Waals surface area contributed by atoms with Crippen LogP contribution in [-0.2, 0) is 11.3 Å². The molecular weight excluding hydrogens is 430 g/mol. The van der Waals surface area contributed by atoms with Crippen LogP contribution in [0, 0.1) is 0 Å². The van der Waals surface area contributed by atoms with Crippen LogP contribution in [0.25, 0.3) is 11.0 Å². The maximum absolute atomic E-state index is 6.53. The first kappa shape index (κ1) is 22.7. The molecule has 0 amide bonds. The van der Waals surface area contributed by atoms with Crippen LogP contribution >= 0.6 is 0 Å². The summed E-state index contributed by atoms with van der Waals surface area (Å²) in [5.74, 6) is 1.52. The van der Waals surface area contributed by atoms with Gasteiger partial charge in [-0.1, -0.05) is 0 Å². The third-order valence-corrected chi connectivity index (χ3v) is 6.40. The molecule has 1 aromatic carbocycles. The first-order valence-corrected chi connectivity index (χ1v) is 12.1. The number of aromatic nitrogens is 4. The summed E-state index contributed by atoms with van der Waals surface area (Å²) in [4.78, 5) is 22.5. The molecular formula is C25H33N7O2. The number of nitrogens with zero attached hydrogens (tertiary/aromatic N) is 6. The van der Waals surface area contributed by atoms with Gasteiger partial charge in [0.2, 0.25) is 5.95 Å². The lowest BCUT2D eigenvalue weighted by molar-refractivity contribution is 0.122. The molecule has 34 heavy (non-hydrogen) atoms. The molecule has 0 atom stereocenters. The highest BCUT2D eigenvalue weighted by atomic mass is 16.5. The van der Waals surface area contributed by atoms with E-state index in [0.717, 1.165) is 86.6 Å². The Bertz CT molecular complexity index is 1080. The zero-order valence-electron chi connectivity index (χ0n) is 20.0. The first-order chi connectivity index (χ1) is 16.6. The van der Waals surface area contributed by atoms with Crippen LogP contribution < -0.4 is 15.0 Å². The van der Waals surface area contributed by atoms with E-state index in [0.29, 0.717) is 12.0 Å². The highest BCUT2D eigenvalue weighted by Gasteiger charge is 2.24. The monoisotopic (exact) mass is 463 g/mol. The smallest absolute Gasteiger partial charge is 0.222 e. The van der Waals surface area contributed by atoms with E-state index < -0.39 is 0 Å². The molecule has 3 heterocycles. The van der Waals surface area contributed by atoms with E-state index in [9.17, 15) is 0 Å². The van der Waals surface area contributed by atoms with Crippen LogP contribution in [0.15, 0.2) is 36.9 Å². The molecule has 1 aliphatic heterocycles. The van der Waals surface area contributed by atoms with Gasteiger partial charge < -0.3 is 24.6 Å². The van der Waals surface area contributed by atoms with Crippen molar-refractivity contribution in [3.05, 3.63) is 42.5 Å². The predicted molar refractivity (Wildman–Crippen MR) is 132 cm³/mol. The topological polar surface area (TPSA) is 88.5 Å². The zero-order chi connectivity index (χ0) is 23.3. The van der Waals surface area contributed by atoms with Crippen LogP contribution in [0.4, 0.5) is 11.6 Å². The second-order valence-electron chi connectivity index (χ2n) is 9.36. The lowest BCUT2D eigenvalue weighted by Gasteiger charge is -2.31. The van der Waals surface area contributed by atoms with Crippen molar-refractivity contribution >= 4 is 22.7 Å². The van der Waals surface area contributed by atoms with Gasteiger partial charge in [0.25, 0.3) is 0 Å². The Balaban J connectivity index is 1.21. The Labute approximate surface area is 200 Å². The Morgan fingerprint density at radius 3 is 2.47 bits per heavy atom. The highest BCUT2D eigenvalue weighted by molar-refractivity contribution is 5.85. The number of anilines is 2. The lowest BCUT2D eigenvalue weighted by atomic mass is 9.93. The van der Waals surface area contributed by atoms with E-state index in [1.165, 1.54) is 0 Å². The summed E-state index contributed by atoms with van der Waals surface area (Å²) < 4.78 is 12.0. The fourth-order valence-corrected chi connectivity index (χ4v) is 4.69. The number of benzene rings is 1. The van der Waals surface area contributed by atoms with Gasteiger partial charge in [-0.05, 0) is 45.8 Å². The van der Waals surface area contributed by atoms with E-state index in [4.69, 9.17) is 9.47 Å². The van der Waals surface area contributed by atoms with Crippen LogP contribution in [-0.4, -0.2) is 77.4 Å². The Kier molecular flexibility index (Phi) is 7.01. The molecule has 180 valence electrons. The van der Waals surface area contributed by atoms with Crippen LogP contribution in [0.2, 0.25) is 0 Å². The van der Waals surface area contributed by atoms with Crippen LogP contribution in [0.3, 0.4) is 0 Å². The largest absolute Gasteiger partial charge is 0.488 e. The summed E-state index contributed by atoms with van der Waals surface area (Å²) in [5.41, 5.74) is 3.93. The van der Waals surface area contributed by atoms with E-state index in [1.54, 1.807) is 12.4 Å². The van der Waals surface area contributed by atoms with Crippen molar-refractivity contribution in [3.63, 3.8) is 0 Å². The van der Waals surface area contributed by atoms with E-state index in [2.05, 4.69) is 47.2 Å². The number of rotatable bonds is 7. The molecule has 0 spiro atoms. The molecule has 9 heteroatoms. The molecule has 0 bridgehead atoms. The Hall–Kier alpha value is -3.04. The third kappa shape index (κ3) is 5.53. The molecule has 0 radical (unpaired) electrons. The SMILES string of the molecule is CN(C)Cc1cnc(NC2CCC(Oc3cc(N4CCOCC4)cc4nccnc34)CC2)nc1. The van der Waals surface area contributed by atoms with Crippen LogP contribution in [0.1, 0.15) is 31.2 Å². The van der Waals surface area contributed by atoms with Crippen molar-refractivity contribution in [2.24, 2.45) is 0 Å². The average Bonchev–Trinajstić information content (AvgIpc) is 2.86. The molecule has 1 saturated carbocycles. The fourth-order valence-electron chi connectivity index (χ4n) is 4.69. The molecule has 1 aliphatic carbocycles. The number of hydrogen-bond acceptors (Lipinski definition) is 9. The Morgan fingerprint density at radius 1 is 1.00 bits per heavy atom. The van der Waals surface area contributed by atoms with Gasteiger partial charge in [-0.15, -0.1) is 0 Å². The van der Waals surface area contributed by atoms with Crippen molar-refractivity contribution in [2.45, 2.75) is 44.4 Å². The highest BCUT2D eigenvalue weighted by Crippen LogP contribution is 2.33. The third-order valence-electron chi connectivity index (χ3n) is 6.40.